The molecule has 4 aromatic rings. The first-order valence-corrected chi connectivity index (χ1v) is 10.5. The van der Waals surface area contributed by atoms with Gasteiger partial charge in [-0.15, -0.1) is 10.2 Å². The van der Waals surface area contributed by atoms with E-state index in [1.807, 2.05) is 32.2 Å². The van der Waals surface area contributed by atoms with Gasteiger partial charge in [0.25, 0.3) is 0 Å². The van der Waals surface area contributed by atoms with Crippen LogP contribution in [0.15, 0.2) is 42.5 Å². The van der Waals surface area contributed by atoms with Crippen LogP contribution in [-0.2, 0) is 12.6 Å². The van der Waals surface area contributed by atoms with Crippen LogP contribution < -0.4 is 10.6 Å². The van der Waals surface area contributed by atoms with Gasteiger partial charge in [0.2, 0.25) is 5.13 Å². The van der Waals surface area contributed by atoms with Gasteiger partial charge >= 0.3 is 6.18 Å². The van der Waals surface area contributed by atoms with Gasteiger partial charge in [-0.1, -0.05) is 23.5 Å². The normalized spacial score (nSPS) is 12.9. The molecule has 0 bridgehead atoms. The number of fused-ring (bicyclic) bond motifs is 1. The molecule has 0 aliphatic heterocycles. The highest BCUT2D eigenvalue weighted by Crippen LogP contribution is 2.30. The molecule has 162 valence electrons. The van der Waals surface area contributed by atoms with Crippen LogP contribution in [0.5, 0.6) is 0 Å². The molecule has 3 N–H and O–H groups in total. The van der Waals surface area contributed by atoms with Crippen LogP contribution in [0.1, 0.15) is 16.8 Å². The van der Waals surface area contributed by atoms with Crippen molar-refractivity contribution in [3.05, 3.63) is 59.3 Å². The molecule has 2 aromatic heterocycles. The molecule has 0 aliphatic carbocycles. The lowest BCUT2D eigenvalue weighted by Crippen LogP contribution is -2.34. The second-order valence-corrected chi connectivity index (χ2v) is 8.24. The monoisotopic (exact) mass is 446 g/mol. The first kappa shape index (κ1) is 21.3. The minimum atomic E-state index is -4.32. The Kier molecular flexibility index (Phi) is 5.92. The van der Waals surface area contributed by atoms with Gasteiger partial charge in [-0.3, -0.25) is 5.10 Å². The number of alkyl halides is 3. The largest absolute Gasteiger partial charge is 0.416 e. The fraction of sp³-hybridized carbons (Fsp3) is 0.286. The predicted octanol–water partition coefficient (Wildman–Crippen LogP) is 4.65. The summed E-state index contributed by atoms with van der Waals surface area (Å²) in [4.78, 5) is 0. The highest BCUT2D eigenvalue weighted by atomic mass is 32.1. The van der Waals surface area contributed by atoms with Crippen molar-refractivity contribution in [2.24, 2.45) is 0 Å². The Morgan fingerprint density at radius 1 is 1.10 bits per heavy atom. The van der Waals surface area contributed by atoms with Crippen molar-refractivity contribution in [1.29, 1.82) is 0 Å². The lowest BCUT2D eigenvalue weighted by Gasteiger charge is -2.17. The number of H-pyrrole nitrogens is 1. The number of aromatic nitrogens is 4. The molecule has 4 rings (SSSR count). The van der Waals surface area contributed by atoms with Crippen molar-refractivity contribution in [1.82, 2.24) is 25.7 Å². The molecule has 0 fully saturated rings. The number of likely N-dealkylation sites (N-methyl/N-ethyl adjacent to an activating group) is 1. The number of nitrogens with zero attached hydrogens (tertiary/aromatic N) is 3. The average Bonchev–Trinajstić information content (AvgIpc) is 3.37. The third-order valence-corrected chi connectivity index (χ3v) is 6.02. The predicted molar refractivity (Wildman–Crippen MR) is 116 cm³/mol. The zero-order chi connectivity index (χ0) is 22.0. The Labute approximate surface area is 180 Å². The van der Waals surface area contributed by atoms with Crippen LogP contribution in [-0.4, -0.2) is 40.0 Å². The Balaban J connectivity index is 1.39. The number of nitrogens with one attached hydrogen (secondary N) is 3. The van der Waals surface area contributed by atoms with Crippen molar-refractivity contribution in [2.75, 3.05) is 18.9 Å². The zero-order valence-electron chi connectivity index (χ0n) is 16.9. The summed E-state index contributed by atoms with van der Waals surface area (Å²) in [6, 6.07) is 11.2. The van der Waals surface area contributed by atoms with E-state index in [1.165, 1.54) is 23.5 Å². The lowest BCUT2D eigenvalue weighted by atomic mass is 10.0. The van der Waals surface area contributed by atoms with Crippen LogP contribution in [0.3, 0.4) is 0 Å². The van der Waals surface area contributed by atoms with Gasteiger partial charge in [-0.2, -0.15) is 18.3 Å². The molecule has 0 amide bonds. The van der Waals surface area contributed by atoms with Crippen LogP contribution in [0.2, 0.25) is 0 Å². The fourth-order valence-electron chi connectivity index (χ4n) is 3.28. The second kappa shape index (κ2) is 8.64. The zero-order valence-corrected chi connectivity index (χ0v) is 17.7. The first-order valence-electron chi connectivity index (χ1n) is 9.69. The summed E-state index contributed by atoms with van der Waals surface area (Å²) >= 11 is 1.45. The number of anilines is 1. The van der Waals surface area contributed by atoms with Crippen molar-refractivity contribution < 1.29 is 13.2 Å². The Morgan fingerprint density at radius 2 is 1.87 bits per heavy atom. The topological polar surface area (TPSA) is 78.5 Å². The van der Waals surface area contributed by atoms with E-state index in [4.69, 9.17) is 0 Å². The second-order valence-electron chi connectivity index (χ2n) is 7.26. The van der Waals surface area contributed by atoms with E-state index in [0.717, 1.165) is 44.9 Å². The van der Waals surface area contributed by atoms with Crippen LogP contribution in [0, 0.1) is 6.92 Å². The molecule has 6 nitrogen and oxygen atoms in total. The highest BCUT2D eigenvalue weighted by Gasteiger charge is 2.30. The number of halogens is 3. The van der Waals surface area contributed by atoms with Crippen LogP contribution in [0.4, 0.5) is 18.3 Å². The van der Waals surface area contributed by atoms with E-state index in [2.05, 4.69) is 31.0 Å². The standard InChI is InChI=1S/C21H21F3N6S/c1-12-17-10-14(5-8-18(17)28-27-12)19-29-30-20(31-19)26-11-16(25-2)9-13-3-6-15(7-4-13)21(22,23)24/h3-8,10,16,25H,9,11H2,1-2H3,(H,26,30)(H,27,28)/t16-/m0/s1. The summed E-state index contributed by atoms with van der Waals surface area (Å²) in [5.74, 6) is 0. The molecule has 0 saturated carbocycles. The summed E-state index contributed by atoms with van der Waals surface area (Å²) < 4.78 is 38.2. The number of hydrogen-bond donors (Lipinski definition) is 3. The maximum atomic E-state index is 12.7. The summed E-state index contributed by atoms with van der Waals surface area (Å²) in [6.45, 7) is 2.53. The molecule has 2 aromatic carbocycles. The molecule has 31 heavy (non-hydrogen) atoms. The molecule has 0 spiro atoms. The maximum absolute atomic E-state index is 12.7. The highest BCUT2D eigenvalue weighted by molar-refractivity contribution is 7.18. The average molecular weight is 447 g/mol. The SMILES string of the molecule is CN[C@H](CNc1nnc(-c2ccc3n[nH]c(C)c3c2)s1)Cc1ccc(C(F)(F)F)cc1. The van der Waals surface area contributed by atoms with Crippen molar-refractivity contribution in [2.45, 2.75) is 25.6 Å². The van der Waals surface area contributed by atoms with Gasteiger partial charge in [0.15, 0.2) is 0 Å². The minimum Gasteiger partial charge on any atom is -0.358 e. The smallest absolute Gasteiger partial charge is 0.358 e. The number of benzene rings is 2. The number of rotatable bonds is 7. The van der Waals surface area contributed by atoms with Crippen molar-refractivity contribution in [3.63, 3.8) is 0 Å². The number of aromatic amines is 1. The number of hydrogen-bond acceptors (Lipinski definition) is 6. The molecule has 0 saturated heterocycles. The summed E-state index contributed by atoms with van der Waals surface area (Å²) in [6.07, 6.45) is -3.73. The molecule has 10 heteroatoms. The number of aryl methyl sites for hydroxylation is 1. The summed E-state index contributed by atoms with van der Waals surface area (Å²) in [7, 11) is 1.82. The van der Waals surface area contributed by atoms with Crippen molar-refractivity contribution in [3.8, 4) is 10.6 Å². The van der Waals surface area contributed by atoms with Crippen LogP contribution >= 0.6 is 11.3 Å². The van der Waals surface area contributed by atoms with Gasteiger partial charge < -0.3 is 10.6 Å². The molecular weight excluding hydrogens is 425 g/mol. The Hall–Kier alpha value is -2.98. The van der Waals surface area contributed by atoms with E-state index >= 15 is 0 Å². The summed E-state index contributed by atoms with van der Waals surface area (Å²) in [5, 5.41) is 24.7. The molecule has 0 radical (unpaired) electrons. The molecule has 2 heterocycles. The molecule has 0 aliphatic rings. The minimum absolute atomic E-state index is 0.0222. The third kappa shape index (κ3) is 4.86. The molecule has 0 unspecified atom stereocenters. The Bertz CT molecular complexity index is 1170. The van der Waals surface area contributed by atoms with Gasteiger partial charge in [0.1, 0.15) is 5.01 Å². The first-order chi connectivity index (χ1) is 14.8. The quantitative estimate of drug-likeness (QED) is 0.385. The van der Waals surface area contributed by atoms with E-state index in [-0.39, 0.29) is 6.04 Å². The van der Waals surface area contributed by atoms with Crippen molar-refractivity contribution >= 4 is 27.4 Å². The lowest BCUT2D eigenvalue weighted by molar-refractivity contribution is -0.137. The van der Waals surface area contributed by atoms with E-state index in [0.29, 0.717) is 18.1 Å². The fourth-order valence-corrected chi connectivity index (χ4v) is 4.03. The van der Waals surface area contributed by atoms with Gasteiger partial charge in [-0.05, 0) is 56.3 Å². The van der Waals surface area contributed by atoms with Crippen LogP contribution in [0.25, 0.3) is 21.5 Å². The molecular formula is C21H21F3N6S. The van der Waals surface area contributed by atoms with Gasteiger partial charge in [-0.25, -0.2) is 0 Å². The van der Waals surface area contributed by atoms with Gasteiger partial charge in [0.05, 0.1) is 11.1 Å². The van der Waals surface area contributed by atoms with E-state index in [9.17, 15) is 13.2 Å². The maximum Gasteiger partial charge on any atom is 0.416 e. The van der Waals surface area contributed by atoms with E-state index < -0.39 is 11.7 Å². The van der Waals surface area contributed by atoms with E-state index in [1.54, 1.807) is 0 Å². The molecule has 1 atom stereocenters. The summed E-state index contributed by atoms with van der Waals surface area (Å²) in [5.41, 5.74) is 3.07. The Morgan fingerprint density at radius 3 is 2.58 bits per heavy atom. The van der Waals surface area contributed by atoms with Gasteiger partial charge in [0, 0.05) is 29.2 Å². The third-order valence-electron chi connectivity index (χ3n) is 5.09.